The van der Waals surface area contributed by atoms with Gasteiger partial charge in [0.1, 0.15) is 0 Å². The van der Waals surface area contributed by atoms with Crippen LogP contribution in [0.3, 0.4) is 0 Å². The fourth-order valence-corrected chi connectivity index (χ4v) is 1.00. The highest BCUT2D eigenvalue weighted by molar-refractivity contribution is 4.92. The Labute approximate surface area is 96.8 Å². The molecular formula is C15H28. The first kappa shape index (κ1) is 16.6. The minimum absolute atomic E-state index is 1.14. The van der Waals surface area contributed by atoms with Crippen molar-refractivity contribution in [2.75, 3.05) is 0 Å². The molecule has 0 bridgehead atoms. The van der Waals surface area contributed by atoms with Crippen molar-refractivity contribution < 1.29 is 0 Å². The largest absolute Gasteiger partial charge is 0.103 e. The summed E-state index contributed by atoms with van der Waals surface area (Å²) in [5.41, 5.74) is 1.42. The molecule has 0 fully saturated rings. The standard InChI is InChI=1S/C9H16.C6H12/c1-4-5-6-7-8-9(2)3;1-3-5-6-4-2/h4,8H,1,5-7H2,2-3H3;3H,1,4-6H2,2H3. The molecule has 0 nitrogen and oxygen atoms in total. The van der Waals surface area contributed by atoms with Gasteiger partial charge in [0.15, 0.2) is 0 Å². The second-order valence-corrected chi connectivity index (χ2v) is 3.93. The predicted octanol–water partition coefficient (Wildman–Crippen LogP) is 5.67. The zero-order valence-electron chi connectivity index (χ0n) is 10.9. The zero-order chi connectivity index (χ0) is 11.9. The van der Waals surface area contributed by atoms with E-state index >= 15 is 0 Å². The Morgan fingerprint density at radius 3 is 1.80 bits per heavy atom. The summed E-state index contributed by atoms with van der Waals surface area (Å²) in [5.74, 6) is 0. The molecule has 88 valence electrons. The SMILES string of the molecule is C=CCCCC.C=CCCCC=C(C)C. The molecule has 0 spiro atoms. The molecule has 0 atom stereocenters. The molecule has 0 aliphatic heterocycles. The maximum Gasteiger partial charge on any atom is -0.0345 e. The number of rotatable bonds is 7. The van der Waals surface area contributed by atoms with Gasteiger partial charge in [0.2, 0.25) is 0 Å². The molecule has 0 aromatic heterocycles. The second kappa shape index (κ2) is 15.7. The fraction of sp³-hybridized carbons (Fsp3) is 0.600. The van der Waals surface area contributed by atoms with Gasteiger partial charge in [-0.25, -0.2) is 0 Å². The number of hydrogen-bond donors (Lipinski definition) is 0. The summed E-state index contributed by atoms with van der Waals surface area (Å²) in [4.78, 5) is 0. The lowest BCUT2D eigenvalue weighted by atomic mass is 10.2. The lowest BCUT2D eigenvalue weighted by molar-refractivity contribution is 0.816. The van der Waals surface area contributed by atoms with Crippen molar-refractivity contribution in [2.24, 2.45) is 0 Å². The lowest BCUT2D eigenvalue weighted by Gasteiger charge is -1.90. The molecule has 0 heterocycles. The molecule has 0 aliphatic rings. The third-order valence-corrected chi connectivity index (χ3v) is 1.93. The van der Waals surface area contributed by atoms with E-state index in [9.17, 15) is 0 Å². The van der Waals surface area contributed by atoms with Gasteiger partial charge in [-0.2, -0.15) is 0 Å². The molecule has 0 rings (SSSR count). The smallest absolute Gasteiger partial charge is 0.0345 e. The van der Waals surface area contributed by atoms with Gasteiger partial charge in [-0.05, 0) is 39.5 Å². The minimum atomic E-state index is 1.14. The Morgan fingerprint density at radius 2 is 1.47 bits per heavy atom. The summed E-state index contributed by atoms with van der Waals surface area (Å²) in [6, 6.07) is 0. The van der Waals surface area contributed by atoms with Gasteiger partial charge < -0.3 is 0 Å². The van der Waals surface area contributed by atoms with Crippen LogP contribution >= 0.6 is 0 Å². The normalized spacial score (nSPS) is 8.47. The summed E-state index contributed by atoms with van der Waals surface area (Å²) in [6.45, 7) is 13.7. The van der Waals surface area contributed by atoms with Crippen molar-refractivity contribution in [1.29, 1.82) is 0 Å². The molecule has 0 heteroatoms. The number of hydrogen-bond acceptors (Lipinski definition) is 0. The van der Waals surface area contributed by atoms with E-state index in [4.69, 9.17) is 0 Å². The average Bonchev–Trinajstić information content (AvgIpc) is 2.22. The van der Waals surface area contributed by atoms with Crippen molar-refractivity contribution >= 4 is 0 Å². The topological polar surface area (TPSA) is 0 Å². The van der Waals surface area contributed by atoms with E-state index in [2.05, 4.69) is 40.0 Å². The third kappa shape index (κ3) is 24.6. The van der Waals surface area contributed by atoms with Crippen LogP contribution in [0.1, 0.15) is 59.3 Å². The first-order valence-corrected chi connectivity index (χ1v) is 6.04. The van der Waals surface area contributed by atoms with Gasteiger partial charge in [-0.15, -0.1) is 13.2 Å². The van der Waals surface area contributed by atoms with E-state index in [1.54, 1.807) is 0 Å². The second-order valence-electron chi connectivity index (χ2n) is 3.93. The van der Waals surface area contributed by atoms with Crippen LogP contribution in [0.15, 0.2) is 37.0 Å². The highest BCUT2D eigenvalue weighted by Gasteiger charge is 1.79. The van der Waals surface area contributed by atoms with Crippen LogP contribution in [0, 0.1) is 0 Å². The van der Waals surface area contributed by atoms with E-state index in [0.717, 1.165) is 6.42 Å². The van der Waals surface area contributed by atoms with Crippen LogP contribution in [0.2, 0.25) is 0 Å². The molecule has 0 aromatic rings. The molecule has 0 N–H and O–H groups in total. The number of allylic oxidation sites excluding steroid dienone is 4. The van der Waals surface area contributed by atoms with Gasteiger partial charge in [-0.1, -0.05) is 43.6 Å². The first-order valence-electron chi connectivity index (χ1n) is 6.04. The van der Waals surface area contributed by atoms with Gasteiger partial charge in [-0.3, -0.25) is 0 Å². The van der Waals surface area contributed by atoms with E-state index in [0.29, 0.717) is 0 Å². The Balaban J connectivity index is 0. The molecule has 0 saturated carbocycles. The lowest BCUT2D eigenvalue weighted by Crippen LogP contribution is -1.69. The van der Waals surface area contributed by atoms with Crippen LogP contribution in [0.4, 0.5) is 0 Å². The quantitative estimate of drug-likeness (QED) is 0.373. The number of unbranched alkanes of at least 4 members (excludes halogenated alkanes) is 4. The third-order valence-electron chi connectivity index (χ3n) is 1.93. The molecule has 15 heavy (non-hydrogen) atoms. The van der Waals surface area contributed by atoms with Crippen molar-refractivity contribution in [3.8, 4) is 0 Å². The molecule has 0 aromatic carbocycles. The van der Waals surface area contributed by atoms with E-state index in [1.165, 1.54) is 37.7 Å². The monoisotopic (exact) mass is 208 g/mol. The molecule has 0 aliphatic carbocycles. The van der Waals surface area contributed by atoms with Crippen LogP contribution in [-0.2, 0) is 0 Å². The molecule has 0 unspecified atom stereocenters. The van der Waals surface area contributed by atoms with Gasteiger partial charge in [0.25, 0.3) is 0 Å². The Hall–Kier alpha value is -0.780. The molecule has 0 saturated heterocycles. The van der Waals surface area contributed by atoms with Crippen molar-refractivity contribution in [3.63, 3.8) is 0 Å². The van der Waals surface area contributed by atoms with Crippen molar-refractivity contribution in [1.82, 2.24) is 0 Å². The van der Waals surface area contributed by atoms with Gasteiger partial charge in [0.05, 0.1) is 0 Å². The summed E-state index contributed by atoms with van der Waals surface area (Å²) in [7, 11) is 0. The van der Waals surface area contributed by atoms with E-state index in [-0.39, 0.29) is 0 Å². The van der Waals surface area contributed by atoms with Crippen molar-refractivity contribution in [3.05, 3.63) is 37.0 Å². The fourth-order valence-electron chi connectivity index (χ4n) is 1.00. The Bertz CT molecular complexity index is 159. The molecule has 0 radical (unpaired) electrons. The Kier molecular flexibility index (Phi) is 17.4. The summed E-state index contributed by atoms with van der Waals surface area (Å²) >= 11 is 0. The molecule has 0 amide bonds. The van der Waals surface area contributed by atoms with Gasteiger partial charge in [0, 0.05) is 0 Å². The van der Waals surface area contributed by atoms with E-state index < -0.39 is 0 Å². The zero-order valence-corrected chi connectivity index (χ0v) is 10.9. The minimum Gasteiger partial charge on any atom is -0.103 e. The maximum absolute atomic E-state index is 3.66. The van der Waals surface area contributed by atoms with Crippen molar-refractivity contribution in [2.45, 2.75) is 59.3 Å². The summed E-state index contributed by atoms with van der Waals surface area (Å²) < 4.78 is 0. The van der Waals surface area contributed by atoms with Crippen LogP contribution in [0.5, 0.6) is 0 Å². The van der Waals surface area contributed by atoms with Crippen LogP contribution in [0.25, 0.3) is 0 Å². The van der Waals surface area contributed by atoms with E-state index in [1.807, 2.05) is 12.2 Å². The first-order chi connectivity index (χ1) is 7.18. The summed E-state index contributed by atoms with van der Waals surface area (Å²) in [6.07, 6.45) is 13.5. The highest BCUT2D eigenvalue weighted by Crippen LogP contribution is 1.99. The Morgan fingerprint density at radius 1 is 0.933 bits per heavy atom. The highest BCUT2D eigenvalue weighted by atomic mass is 13.9. The summed E-state index contributed by atoms with van der Waals surface area (Å²) in [5, 5.41) is 0. The molecular weight excluding hydrogens is 180 g/mol. The average molecular weight is 208 g/mol. The maximum atomic E-state index is 3.66. The van der Waals surface area contributed by atoms with Gasteiger partial charge >= 0.3 is 0 Å². The van der Waals surface area contributed by atoms with Crippen LogP contribution in [-0.4, -0.2) is 0 Å². The predicted molar refractivity (Wildman–Crippen MR) is 73.2 cm³/mol. The van der Waals surface area contributed by atoms with Crippen LogP contribution < -0.4 is 0 Å².